The first-order chi connectivity index (χ1) is 9.06. The van der Waals surface area contributed by atoms with E-state index in [2.05, 4.69) is 6.58 Å². The molecule has 0 fully saturated rings. The highest BCUT2D eigenvalue weighted by Crippen LogP contribution is 2.23. The van der Waals surface area contributed by atoms with Gasteiger partial charge in [0.1, 0.15) is 13.6 Å². The molecule has 0 saturated heterocycles. The van der Waals surface area contributed by atoms with E-state index < -0.39 is 0 Å². The maximum atomic E-state index is 5.79. The van der Waals surface area contributed by atoms with Crippen molar-refractivity contribution in [2.75, 3.05) is 0 Å². The van der Waals surface area contributed by atoms with Crippen molar-refractivity contribution in [1.82, 2.24) is 0 Å². The summed E-state index contributed by atoms with van der Waals surface area (Å²) >= 11 is 0. The largest absolute Gasteiger partial charge is 0.491 e. The number of hydrogen-bond acceptors (Lipinski definition) is 1. The van der Waals surface area contributed by atoms with Crippen molar-refractivity contribution < 1.29 is 4.74 Å². The molecule has 94 valence electrons. The summed E-state index contributed by atoms with van der Waals surface area (Å²) in [4.78, 5) is 0. The second kappa shape index (κ2) is 5.79. The van der Waals surface area contributed by atoms with Crippen LogP contribution >= 0.6 is 0 Å². The lowest BCUT2D eigenvalue weighted by molar-refractivity contribution is 0.242. The van der Waals surface area contributed by atoms with E-state index in [9.17, 15) is 0 Å². The first kappa shape index (κ1) is 13.5. The molecule has 0 bridgehead atoms. The predicted octanol–water partition coefficient (Wildman–Crippen LogP) is 3.33. The van der Waals surface area contributed by atoms with Crippen molar-refractivity contribution in [2.45, 2.75) is 20.0 Å². The molecule has 0 atom stereocenters. The highest BCUT2D eigenvalue weighted by atomic mass is 16.5. The summed E-state index contributed by atoms with van der Waals surface area (Å²) < 4.78 is 5.62. The zero-order valence-electron chi connectivity index (χ0n) is 11.4. The van der Waals surface area contributed by atoms with Crippen LogP contribution in [0.3, 0.4) is 0 Å². The van der Waals surface area contributed by atoms with Crippen LogP contribution in [0.15, 0.2) is 55.1 Å². The van der Waals surface area contributed by atoms with Gasteiger partial charge in [0.05, 0.1) is 6.10 Å². The molecular weight excluding hydrogens is 231 g/mol. The number of hydrogen-bond donors (Lipinski definition) is 0. The van der Waals surface area contributed by atoms with Crippen molar-refractivity contribution in [3.05, 3.63) is 66.2 Å². The Bertz CT molecular complexity index is 570. The standard InChI is InChI=1S/C17H17BO/c1-12(2)19-17-9-7-14(8-10-17)13(3)15-5-4-6-16(18)11-15/h4-12H,3H2,1-2H3. The van der Waals surface area contributed by atoms with Crippen LogP contribution in [0.1, 0.15) is 25.0 Å². The topological polar surface area (TPSA) is 9.23 Å². The second-order valence-electron chi connectivity index (χ2n) is 4.79. The van der Waals surface area contributed by atoms with Gasteiger partial charge in [-0.25, -0.2) is 0 Å². The van der Waals surface area contributed by atoms with Gasteiger partial charge in [0.2, 0.25) is 0 Å². The van der Waals surface area contributed by atoms with Crippen molar-refractivity contribution in [1.29, 1.82) is 0 Å². The van der Waals surface area contributed by atoms with Crippen molar-refractivity contribution in [3.8, 4) is 5.75 Å². The lowest BCUT2D eigenvalue weighted by Gasteiger charge is -2.11. The summed E-state index contributed by atoms with van der Waals surface area (Å²) in [5, 5.41) is 0. The minimum atomic E-state index is 0.183. The minimum absolute atomic E-state index is 0.183. The molecule has 0 aliphatic rings. The van der Waals surface area contributed by atoms with Crippen molar-refractivity contribution >= 4 is 18.9 Å². The monoisotopic (exact) mass is 248 g/mol. The Morgan fingerprint density at radius 1 is 1.05 bits per heavy atom. The Morgan fingerprint density at radius 2 is 1.74 bits per heavy atom. The highest BCUT2D eigenvalue weighted by Gasteiger charge is 2.03. The lowest BCUT2D eigenvalue weighted by Crippen LogP contribution is -2.05. The van der Waals surface area contributed by atoms with Gasteiger partial charge in [-0.3, -0.25) is 0 Å². The first-order valence-electron chi connectivity index (χ1n) is 6.38. The van der Waals surface area contributed by atoms with Crippen LogP contribution in [-0.2, 0) is 0 Å². The Labute approximate surface area is 116 Å². The van der Waals surface area contributed by atoms with Crippen LogP contribution in [0.5, 0.6) is 5.75 Å². The molecule has 0 spiro atoms. The molecular formula is C17H17BO. The van der Waals surface area contributed by atoms with Gasteiger partial charge in [-0.15, -0.1) is 0 Å². The van der Waals surface area contributed by atoms with Crippen LogP contribution in [-0.4, -0.2) is 14.0 Å². The summed E-state index contributed by atoms with van der Waals surface area (Å²) in [6, 6.07) is 15.7. The van der Waals surface area contributed by atoms with E-state index in [1.165, 1.54) is 0 Å². The highest BCUT2D eigenvalue weighted by molar-refractivity contribution is 6.32. The fraction of sp³-hybridized carbons (Fsp3) is 0.176. The Hall–Kier alpha value is -1.96. The smallest absolute Gasteiger partial charge is 0.119 e. The molecule has 0 aliphatic heterocycles. The molecule has 2 rings (SSSR count). The maximum absolute atomic E-state index is 5.79. The van der Waals surface area contributed by atoms with Gasteiger partial charge >= 0.3 is 0 Å². The average Bonchev–Trinajstić information content (AvgIpc) is 2.38. The van der Waals surface area contributed by atoms with Gasteiger partial charge in [0, 0.05) is 0 Å². The molecule has 2 heteroatoms. The molecule has 0 aromatic heterocycles. The van der Waals surface area contributed by atoms with Crippen LogP contribution in [0, 0.1) is 0 Å². The van der Waals surface area contributed by atoms with E-state index in [0.29, 0.717) is 0 Å². The van der Waals surface area contributed by atoms with Crippen molar-refractivity contribution in [3.63, 3.8) is 0 Å². The molecule has 0 heterocycles. The molecule has 1 nitrogen and oxygen atoms in total. The minimum Gasteiger partial charge on any atom is -0.491 e. The first-order valence-corrected chi connectivity index (χ1v) is 6.38. The maximum Gasteiger partial charge on any atom is 0.119 e. The number of benzene rings is 2. The molecule has 0 saturated carbocycles. The van der Waals surface area contributed by atoms with Gasteiger partial charge < -0.3 is 4.74 Å². The summed E-state index contributed by atoms with van der Waals surface area (Å²) in [6.07, 6.45) is 0.183. The second-order valence-corrected chi connectivity index (χ2v) is 4.79. The third kappa shape index (κ3) is 3.51. The zero-order valence-corrected chi connectivity index (χ0v) is 11.4. The molecule has 19 heavy (non-hydrogen) atoms. The fourth-order valence-corrected chi connectivity index (χ4v) is 1.90. The van der Waals surface area contributed by atoms with E-state index in [-0.39, 0.29) is 6.10 Å². The third-order valence-corrected chi connectivity index (χ3v) is 2.81. The van der Waals surface area contributed by atoms with Crippen LogP contribution in [0.25, 0.3) is 5.57 Å². The van der Waals surface area contributed by atoms with Gasteiger partial charge in [-0.2, -0.15) is 0 Å². The van der Waals surface area contributed by atoms with Gasteiger partial charge in [0.25, 0.3) is 0 Å². The molecule has 2 aromatic carbocycles. The average molecular weight is 248 g/mol. The van der Waals surface area contributed by atoms with E-state index in [4.69, 9.17) is 12.6 Å². The van der Waals surface area contributed by atoms with E-state index in [0.717, 1.165) is 27.9 Å². The Kier molecular flexibility index (Phi) is 4.11. The molecule has 0 unspecified atom stereocenters. The molecule has 0 aliphatic carbocycles. The summed E-state index contributed by atoms with van der Waals surface area (Å²) in [7, 11) is 5.79. The molecule has 2 radical (unpaired) electrons. The van der Waals surface area contributed by atoms with Gasteiger partial charge in [-0.1, -0.05) is 48.4 Å². The van der Waals surface area contributed by atoms with Gasteiger partial charge in [0.15, 0.2) is 0 Å². The normalized spacial score (nSPS) is 10.5. The van der Waals surface area contributed by atoms with E-state index in [1.54, 1.807) is 0 Å². The zero-order chi connectivity index (χ0) is 13.8. The summed E-state index contributed by atoms with van der Waals surface area (Å²) in [5.74, 6) is 0.874. The van der Waals surface area contributed by atoms with Gasteiger partial charge in [-0.05, 0) is 42.7 Å². The molecule has 2 aromatic rings. The lowest BCUT2D eigenvalue weighted by atomic mass is 9.91. The van der Waals surface area contributed by atoms with Crippen LogP contribution in [0.2, 0.25) is 0 Å². The van der Waals surface area contributed by atoms with Crippen LogP contribution < -0.4 is 10.2 Å². The fourth-order valence-electron chi connectivity index (χ4n) is 1.90. The van der Waals surface area contributed by atoms with E-state index >= 15 is 0 Å². The van der Waals surface area contributed by atoms with Crippen LogP contribution in [0.4, 0.5) is 0 Å². The number of rotatable bonds is 4. The third-order valence-electron chi connectivity index (χ3n) is 2.81. The quantitative estimate of drug-likeness (QED) is 0.754. The SMILES string of the molecule is [B]c1cccc(C(=C)c2ccc(OC(C)C)cc2)c1. The Balaban J connectivity index is 2.20. The van der Waals surface area contributed by atoms with E-state index in [1.807, 2.05) is 62.4 Å². The van der Waals surface area contributed by atoms with Crippen molar-refractivity contribution in [2.24, 2.45) is 0 Å². The molecule has 0 amide bonds. The number of ether oxygens (including phenoxy) is 1. The summed E-state index contributed by atoms with van der Waals surface area (Å²) in [6.45, 7) is 8.16. The molecule has 0 N–H and O–H groups in total. The summed E-state index contributed by atoms with van der Waals surface area (Å²) in [5.41, 5.74) is 3.82. The predicted molar refractivity (Wildman–Crippen MR) is 82.2 cm³/mol. The Morgan fingerprint density at radius 3 is 2.32 bits per heavy atom.